The molecular formula is C19H24N6O4. The molecule has 3 N–H and O–H groups in total. The summed E-state index contributed by atoms with van der Waals surface area (Å²) >= 11 is 0. The van der Waals surface area contributed by atoms with Gasteiger partial charge < -0.3 is 25.4 Å². The molecule has 2 amide bonds. The Morgan fingerprint density at radius 3 is 3.00 bits per heavy atom. The molecule has 3 heterocycles. The first-order chi connectivity index (χ1) is 13.9. The van der Waals surface area contributed by atoms with Crippen molar-refractivity contribution in [1.29, 1.82) is 0 Å². The molecule has 0 unspecified atom stereocenters. The van der Waals surface area contributed by atoms with Crippen LogP contribution < -0.4 is 15.8 Å². The van der Waals surface area contributed by atoms with E-state index in [9.17, 15) is 9.59 Å². The van der Waals surface area contributed by atoms with Crippen LogP contribution in [0.15, 0.2) is 30.6 Å². The fourth-order valence-electron chi connectivity index (χ4n) is 4.28. The van der Waals surface area contributed by atoms with Gasteiger partial charge in [-0.3, -0.25) is 9.59 Å². The molecule has 1 saturated heterocycles. The highest BCUT2D eigenvalue weighted by molar-refractivity contribution is 6.01. The Morgan fingerprint density at radius 1 is 1.45 bits per heavy atom. The number of methoxy groups -OCH3 is 1. The van der Waals surface area contributed by atoms with Gasteiger partial charge in [0.15, 0.2) is 5.72 Å². The van der Waals surface area contributed by atoms with E-state index in [4.69, 9.17) is 15.2 Å². The fraction of sp³-hybridized carbons (Fsp3) is 0.474. The minimum atomic E-state index is -0.912. The number of ether oxygens (including phenoxy) is 2. The molecule has 29 heavy (non-hydrogen) atoms. The number of hydrogen-bond donors (Lipinski definition) is 2. The number of rotatable bonds is 7. The van der Waals surface area contributed by atoms with E-state index in [1.54, 1.807) is 16.7 Å². The van der Waals surface area contributed by atoms with E-state index in [2.05, 4.69) is 15.4 Å². The van der Waals surface area contributed by atoms with Crippen molar-refractivity contribution in [1.82, 2.24) is 19.7 Å². The minimum Gasteiger partial charge on any atom is -0.468 e. The SMILES string of the molecule is COCn1ncnc1NCCN1C(=O)[C@H](C(N)=O)[C@H]2C[C@@]1(C)Oc1ccccc12. The number of anilines is 1. The van der Waals surface area contributed by atoms with Crippen molar-refractivity contribution in [2.24, 2.45) is 11.7 Å². The van der Waals surface area contributed by atoms with Gasteiger partial charge in [0.05, 0.1) is 0 Å². The van der Waals surface area contributed by atoms with Gasteiger partial charge in [0, 0.05) is 32.5 Å². The first-order valence-corrected chi connectivity index (χ1v) is 9.44. The Morgan fingerprint density at radius 2 is 2.24 bits per heavy atom. The molecule has 4 rings (SSSR count). The Kier molecular flexibility index (Phi) is 4.87. The van der Waals surface area contributed by atoms with Gasteiger partial charge in [-0.05, 0) is 18.6 Å². The van der Waals surface area contributed by atoms with Gasteiger partial charge in [-0.2, -0.15) is 10.1 Å². The fourth-order valence-corrected chi connectivity index (χ4v) is 4.28. The zero-order chi connectivity index (χ0) is 20.6. The molecule has 2 aliphatic rings. The van der Waals surface area contributed by atoms with E-state index in [1.165, 1.54) is 6.33 Å². The highest BCUT2D eigenvalue weighted by Gasteiger charge is 2.55. The number of fused-ring (bicyclic) bond motifs is 4. The van der Waals surface area contributed by atoms with E-state index in [1.807, 2.05) is 31.2 Å². The van der Waals surface area contributed by atoms with Crippen LogP contribution in [0.25, 0.3) is 0 Å². The van der Waals surface area contributed by atoms with Crippen LogP contribution in [0, 0.1) is 5.92 Å². The lowest BCUT2D eigenvalue weighted by atomic mass is 9.73. The topological polar surface area (TPSA) is 125 Å². The summed E-state index contributed by atoms with van der Waals surface area (Å²) in [7, 11) is 1.57. The van der Waals surface area contributed by atoms with Crippen LogP contribution >= 0.6 is 0 Å². The van der Waals surface area contributed by atoms with Crippen molar-refractivity contribution in [3.8, 4) is 5.75 Å². The number of carbonyl (C=O) groups excluding carboxylic acids is 2. The average molecular weight is 400 g/mol. The number of nitrogens with zero attached hydrogens (tertiary/aromatic N) is 4. The third kappa shape index (κ3) is 3.29. The van der Waals surface area contributed by atoms with Crippen molar-refractivity contribution >= 4 is 17.8 Å². The molecule has 1 fully saturated rings. The van der Waals surface area contributed by atoms with Crippen LogP contribution in [0.5, 0.6) is 5.75 Å². The predicted octanol–water partition coefficient (Wildman–Crippen LogP) is 0.520. The normalized spacial score (nSPS) is 25.3. The van der Waals surface area contributed by atoms with E-state index >= 15 is 0 Å². The zero-order valence-corrected chi connectivity index (χ0v) is 16.4. The lowest BCUT2D eigenvalue weighted by molar-refractivity contribution is -0.174. The molecule has 3 atom stereocenters. The smallest absolute Gasteiger partial charge is 0.238 e. The van der Waals surface area contributed by atoms with Crippen LogP contribution in [0.4, 0.5) is 5.95 Å². The summed E-state index contributed by atoms with van der Waals surface area (Å²) in [5.41, 5.74) is 5.63. The highest BCUT2D eigenvalue weighted by Crippen LogP contribution is 2.49. The van der Waals surface area contributed by atoms with Crippen molar-refractivity contribution in [2.75, 3.05) is 25.5 Å². The number of carbonyl (C=O) groups is 2. The molecule has 1 aromatic heterocycles. The first-order valence-electron chi connectivity index (χ1n) is 9.44. The van der Waals surface area contributed by atoms with Crippen LogP contribution in [-0.2, 0) is 21.1 Å². The number of likely N-dealkylation sites (tertiary alicyclic amines) is 1. The van der Waals surface area contributed by atoms with E-state index in [-0.39, 0.29) is 18.6 Å². The minimum absolute atomic E-state index is 0.258. The molecular weight excluding hydrogens is 376 g/mol. The third-order valence-electron chi connectivity index (χ3n) is 5.54. The van der Waals surface area contributed by atoms with Crippen LogP contribution in [0.2, 0.25) is 0 Å². The van der Waals surface area contributed by atoms with Gasteiger partial charge in [0.1, 0.15) is 24.7 Å². The number of nitrogens with two attached hydrogens (primary N) is 1. The molecule has 2 aliphatic heterocycles. The number of primary amides is 1. The summed E-state index contributed by atoms with van der Waals surface area (Å²) in [5, 5.41) is 7.21. The number of piperidine rings is 1. The number of amides is 2. The van der Waals surface area contributed by atoms with Crippen molar-refractivity contribution < 1.29 is 19.1 Å². The van der Waals surface area contributed by atoms with Gasteiger partial charge in [0.2, 0.25) is 17.8 Å². The second-order valence-electron chi connectivity index (χ2n) is 7.42. The standard InChI is InChI=1S/C19H24N6O4/c1-19-9-13(12-5-3-4-6-14(12)29-19)15(16(20)26)17(27)24(19)8-7-21-18-22-10-23-25(18)11-28-2/h3-6,10,13,15H,7-9,11H2,1-2H3,(H2,20,26)(H,21,22,23)/t13-,15-,19+/m0/s1. The molecule has 0 spiro atoms. The van der Waals surface area contributed by atoms with Crippen LogP contribution in [0.1, 0.15) is 24.8 Å². The molecule has 2 aromatic rings. The zero-order valence-electron chi connectivity index (χ0n) is 16.4. The molecule has 0 saturated carbocycles. The number of hydrogen-bond acceptors (Lipinski definition) is 7. The molecule has 1 aromatic carbocycles. The second-order valence-corrected chi connectivity index (χ2v) is 7.42. The Bertz CT molecular complexity index is 931. The lowest BCUT2D eigenvalue weighted by Gasteiger charge is -2.52. The van der Waals surface area contributed by atoms with Gasteiger partial charge >= 0.3 is 0 Å². The van der Waals surface area contributed by atoms with Gasteiger partial charge in [-0.15, -0.1) is 0 Å². The Labute approximate surface area is 168 Å². The van der Waals surface area contributed by atoms with Gasteiger partial charge in [0.25, 0.3) is 0 Å². The van der Waals surface area contributed by atoms with Crippen molar-refractivity contribution in [2.45, 2.75) is 31.7 Å². The molecule has 154 valence electrons. The third-order valence-corrected chi connectivity index (χ3v) is 5.54. The van der Waals surface area contributed by atoms with Crippen molar-refractivity contribution in [3.63, 3.8) is 0 Å². The maximum absolute atomic E-state index is 13.2. The molecule has 0 radical (unpaired) electrons. The maximum atomic E-state index is 13.2. The Balaban J connectivity index is 1.56. The average Bonchev–Trinajstić information content (AvgIpc) is 3.11. The highest BCUT2D eigenvalue weighted by atomic mass is 16.5. The summed E-state index contributed by atoms with van der Waals surface area (Å²) in [4.78, 5) is 31.1. The number of nitrogens with one attached hydrogen (secondary N) is 1. The summed E-state index contributed by atoms with van der Waals surface area (Å²) in [6.07, 6.45) is 1.92. The largest absolute Gasteiger partial charge is 0.468 e. The monoisotopic (exact) mass is 400 g/mol. The van der Waals surface area contributed by atoms with E-state index in [0.29, 0.717) is 31.2 Å². The summed E-state index contributed by atoms with van der Waals surface area (Å²) in [6.45, 7) is 2.84. The van der Waals surface area contributed by atoms with Crippen molar-refractivity contribution in [3.05, 3.63) is 36.2 Å². The summed E-state index contributed by atoms with van der Waals surface area (Å²) < 4.78 is 12.9. The van der Waals surface area contributed by atoms with E-state index < -0.39 is 17.6 Å². The molecule has 2 bridgehead atoms. The lowest BCUT2D eigenvalue weighted by Crippen LogP contribution is -2.65. The molecule has 10 nitrogen and oxygen atoms in total. The van der Waals surface area contributed by atoms with Crippen LogP contribution in [-0.4, -0.2) is 57.4 Å². The van der Waals surface area contributed by atoms with E-state index in [0.717, 1.165) is 5.56 Å². The maximum Gasteiger partial charge on any atom is 0.238 e. The van der Waals surface area contributed by atoms with Crippen LogP contribution in [0.3, 0.4) is 0 Å². The Hall–Kier alpha value is -3.14. The number of benzene rings is 1. The summed E-state index contributed by atoms with van der Waals surface area (Å²) in [5.74, 6) is -0.916. The number of aromatic nitrogens is 3. The second kappa shape index (κ2) is 7.36. The molecule has 0 aliphatic carbocycles. The quantitative estimate of drug-likeness (QED) is 0.649. The van der Waals surface area contributed by atoms with Gasteiger partial charge in [-0.1, -0.05) is 18.2 Å². The predicted molar refractivity (Wildman–Crippen MR) is 103 cm³/mol. The summed E-state index contributed by atoms with van der Waals surface area (Å²) in [6, 6.07) is 7.50. The number of para-hydroxylation sites is 1. The first kappa shape index (κ1) is 19.2. The van der Waals surface area contributed by atoms with Gasteiger partial charge in [-0.25, -0.2) is 4.68 Å². The molecule has 10 heteroatoms.